The number of carbonyl (C=O) groups excluding carboxylic acids is 1. The molecule has 1 amide bonds. The summed E-state index contributed by atoms with van der Waals surface area (Å²) in [5.74, 6) is -0.0791. The minimum absolute atomic E-state index is 0.0791. The van der Waals surface area contributed by atoms with Crippen molar-refractivity contribution in [2.45, 2.75) is 20.8 Å². The van der Waals surface area contributed by atoms with E-state index < -0.39 is 0 Å². The summed E-state index contributed by atoms with van der Waals surface area (Å²) in [4.78, 5) is 12.7. The molecule has 0 bridgehead atoms. The largest absolute Gasteiger partial charge is 0.280 e. The number of nitrogens with zero attached hydrogens (tertiary/aromatic N) is 2. The molecule has 3 heteroatoms. The van der Waals surface area contributed by atoms with Gasteiger partial charge in [-0.15, -0.1) is 0 Å². The van der Waals surface area contributed by atoms with Gasteiger partial charge in [-0.2, -0.15) is 10.1 Å². The van der Waals surface area contributed by atoms with Gasteiger partial charge in [0.2, 0.25) is 0 Å². The molecule has 2 aromatic carbocycles. The van der Waals surface area contributed by atoms with Gasteiger partial charge in [-0.3, -0.25) is 4.79 Å². The second-order valence-corrected chi connectivity index (χ2v) is 5.56. The maximum atomic E-state index is 12.7. The Morgan fingerprint density at radius 3 is 2.45 bits per heavy atom. The molecule has 22 heavy (non-hydrogen) atoms. The van der Waals surface area contributed by atoms with Crippen LogP contribution in [0, 0.1) is 13.8 Å². The first-order chi connectivity index (χ1) is 10.6. The van der Waals surface area contributed by atoms with E-state index in [-0.39, 0.29) is 5.91 Å². The van der Waals surface area contributed by atoms with Crippen molar-refractivity contribution in [2.75, 3.05) is 5.01 Å². The normalized spacial score (nSPS) is 16.3. The molecule has 110 valence electrons. The van der Waals surface area contributed by atoms with Crippen LogP contribution in [-0.2, 0) is 4.79 Å². The molecular formula is C19H18N2O. The molecule has 0 atom stereocenters. The smallest absolute Gasteiger partial charge is 0.267 e. The van der Waals surface area contributed by atoms with Crippen molar-refractivity contribution in [3.63, 3.8) is 0 Å². The topological polar surface area (TPSA) is 32.7 Å². The molecule has 0 aliphatic carbocycles. The first-order valence-corrected chi connectivity index (χ1v) is 7.30. The van der Waals surface area contributed by atoms with Crippen LogP contribution in [0.4, 0.5) is 5.69 Å². The van der Waals surface area contributed by atoms with Gasteiger partial charge in [-0.05, 0) is 50.1 Å². The summed E-state index contributed by atoms with van der Waals surface area (Å²) in [6.07, 6.45) is 1.94. The predicted octanol–water partition coefficient (Wildman–Crippen LogP) is 4.11. The van der Waals surface area contributed by atoms with Crippen LogP contribution in [-0.4, -0.2) is 11.6 Å². The minimum Gasteiger partial charge on any atom is -0.267 e. The summed E-state index contributed by atoms with van der Waals surface area (Å²) in [5.41, 5.74) is 5.57. The number of hydrogen-bond acceptors (Lipinski definition) is 2. The van der Waals surface area contributed by atoms with Crippen molar-refractivity contribution < 1.29 is 4.79 Å². The molecule has 0 saturated carbocycles. The van der Waals surface area contributed by atoms with E-state index in [1.54, 1.807) is 0 Å². The number of benzene rings is 2. The van der Waals surface area contributed by atoms with E-state index in [1.807, 2.05) is 50.3 Å². The van der Waals surface area contributed by atoms with E-state index in [9.17, 15) is 4.79 Å². The molecule has 0 saturated heterocycles. The highest BCUT2D eigenvalue weighted by Gasteiger charge is 2.28. The van der Waals surface area contributed by atoms with Crippen LogP contribution in [0.1, 0.15) is 23.6 Å². The summed E-state index contributed by atoms with van der Waals surface area (Å²) in [7, 11) is 0. The van der Waals surface area contributed by atoms with Crippen LogP contribution < -0.4 is 5.01 Å². The Bertz CT molecular complexity index is 788. The van der Waals surface area contributed by atoms with E-state index in [4.69, 9.17) is 0 Å². The zero-order chi connectivity index (χ0) is 15.7. The SMILES string of the molecule is CC1=NN(c2ccccc2)C(=O)/C1=C/c1cc(C)ccc1C. The highest BCUT2D eigenvalue weighted by molar-refractivity contribution is 6.32. The summed E-state index contributed by atoms with van der Waals surface area (Å²) in [6.45, 7) is 5.97. The van der Waals surface area contributed by atoms with E-state index >= 15 is 0 Å². The van der Waals surface area contributed by atoms with Gasteiger partial charge in [-0.25, -0.2) is 0 Å². The number of anilines is 1. The Morgan fingerprint density at radius 2 is 1.73 bits per heavy atom. The van der Waals surface area contributed by atoms with Crippen LogP contribution >= 0.6 is 0 Å². The Kier molecular flexibility index (Phi) is 3.63. The third kappa shape index (κ3) is 2.58. The van der Waals surface area contributed by atoms with Crippen LogP contribution in [0.2, 0.25) is 0 Å². The van der Waals surface area contributed by atoms with Crippen LogP contribution in [0.25, 0.3) is 6.08 Å². The van der Waals surface area contributed by atoms with Crippen LogP contribution in [0.5, 0.6) is 0 Å². The minimum atomic E-state index is -0.0791. The second kappa shape index (κ2) is 5.60. The lowest BCUT2D eigenvalue weighted by Gasteiger charge is -2.11. The average molecular weight is 290 g/mol. The maximum absolute atomic E-state index is 12.7. The van der Waals surface area contributed by atoms with E-state index in [1.165, 1.54) is 10.6 Å². The van der Waals surface area contributed by atoms with Gasteiger partial charge in [0.15, 0.2) is 0 Å². The fourth-order valence-corrected chi connectivity index (χ4v) is 2.50. The number of amides is 1. The molecule has 3 rings (SSSR count). The molecule has 0 fully saturated rings. The molecular weight excluding hydrogens is 272 g/mol. The van der Waals surface area contributed by atoms with E-state index in [0.29, 0.717) is 5.57 Å². The van der Waals surface area contributed by atoms with Gasteiger partial charge in [0.1, 0.15) is 0 Å². The highest BCUT2D eigenvalue weighted by Crippen LogP contribution is 2.25. The Morgan fingerprint density at radius 1 is 1.00 bits per heavy atom. The van der Waals surface area contributed by atoms with Crippen molar-refractivity contribution in [3.05, 3.63) is 70.8 Å². The van der Waals surface area contributed by atoms with Gasteiger partial charge in [0, 0.05) is 0 Å². The van der Waals surface area contributed by atoms with Crippen LogP contribution in [0.3, 0.4) is 0 Å². The molecule has 0 aromatic heterocycles. The lowest BCUT2D eigenvalue weighted by atomic mass is 10.0. The maximum Gasteiger partial charge on any atom is 0.280 e. The fraction of sp³-hybridized carbons (Fsp3) is 0.158. The van der Waals surface area contributed by atoms with Crippen molar-refractivity contribution in [3.8, 4) is 0 Å². The molecule has 2 aromatic rings. The molecule has 0 unspecified atom stereocenters. The molecule has 1 heterocycles. The summed E-state index contributed by atoms with van der Waals surface area (Å²) in [5, 5.41) is 5.87. The lowest BCUT2D eigenvalue weighted by Crippen LogP contribution is -2.21. The highest BCUT2D eigenvalue weighted by atomic mass is 16.2. The molecule has 1 aliphatic rings. The Labute approximate surface area is 130 Å². The van der Waals surface area contributed by atoms with Gasteiger partial charge in [0.05, 0.1) is 17.0 Å². The zero-order valence-electron chi connectivity index (χ0n) is 13.0. The first kappa shape index (κ1) is 14.3. The molecule has 0 N–H and O–H groups in total. The van der Waals surface area contributed by atoms with Crippen molar-refractivity contribution in [2.24, 2.45) is 5.10 Å². The van der Waals surface area contributed by atoms with Gasteiger partial charge < -0.3 is 0 Å². The third-order valence-electron chi connectivity index (χ3n) is 3.80. The quantitative estimate of drug-likeness (QED) is 0.766. The van der Waals surface area contributed by atoms with Gasteiger partial charge in [0.25, 0.3) is 5.91 Å². The number of para-hydroxylation sites is 1. The van der Waals surface area contributed by atoms with Crippen LogP contribution in [0.15, 0.2) is 59.2 Å². The van der Waals surface area contributed by atoms with E-state index in [0.717, 1.165) is 22.5 Å². The Balaban J connectivity index is 2.00. The predicted molar refractivity (Wildman–Crippen MR) is 90.9 cm³/mol. The number of aryl methyl sites for hydroxylation is 2. The summed E-state index contributed by atoms with van der Waals surface area (Å²) < 4.78 is 0. The summed E-state index contributed by atoms with van der Waals surface area (Å²) in [6, 6.07) is 15.7. The van der Waals surface area contributed by atoms with Crippen molar-refractivity contribution >= 4 is 23.4 Å². The third-order valence-corrected chi connectivity index (χ3v) is 3.80. The number of carbonyl (C=O) groups is 1. The Hall–Kier alpha value is -2.68. The molecule has 0 spiro atoms. The number of hydrazone groups is 1. The van der Waals surface area contributed by atoms with Crippen molar-refractivity contribution in [1.82, 2.24) is 0 Å². The fourth-order valence-electron chi connectivity index (χ4n) is 2.50. The number of hydrogen-bond donors (Lipinski definition) is 0. The molecule has 3 nitrogen and oxygen atoms in total. The van der Waals surface area contributed by atoms with Gasteiger partial charge >= 0.3 is 0 Å². The van der Waals surface area contributed by atoms with Gasteiger partial charge in [-0.1, -0.05) is 42.0 Å². The van der Waals surface area contributed by atoms with E-state index in [2.05, 4.69) is 30.2 Å². The molecule has 0 radical (unpaired) electrons. The standard InChI is InChI=1S/C19H18N2O/c1-13-9-10-14(2)16(11-13)12-18-15(3)20-21(19(18)22)17-7-5-4-6-8-17/h4-12H,1-3H3/b18-12+. The second-order valence-electron chi connectivity index (χ2n) is 5.56. The monoisotopic (exact) mass is 290 g/mol. The number of rotatable bonds is 2. The molecule has 1 aliphatic heterocycles. The zero-order valence-corrected chi connectivity index (χ0v) is 13.0. The lowest BCUT2D eigenvalue weighted by molar-refractivity contribution is -0.114. The summed E-state index contributed by atoms with van der Waals surface area (Å²) >= 11 is 0. The van der Waals surface area contributed by atoms with Crippen molar-refractivity contribution in [1.29, 1.82) is 0 Å². The average Bonchev–Trinajstić information content (AvgIpc) is 2.80. The first-order valence-electron chi connectivity index (χ1n) is 7.30.